The number of methoxy groups -OCH3 is 1. The molecule has 1 amide bonds. The van der Waals surface area contributed by atoms with Gasteiger partial charge in [0, 0.05) is 33.4 Å². The number of amides is 1. The Morgan fingerprint density at radius 2 is 1.78 bits per heavy atom. The molecule has 162 valence electrons. The molecule has 0 aliphatic carbocycles. The molecule has 0 unspecified atom stereocenters. The summed E-state index contributed by atoms with van der Waals surface area (Å²) in [5.41, 5.74) is 3.28. The van der Waals surface area contributed by atoms with Crippen molar-refractivity contribution in [3.8, 4) is 22.8 Å². The Morgan fingerprint density at radius 3 is 2.59 bits per heavy atom. The van der Waals surface area contributed by atoms with Gasteiger partial charge in [0.05, 0.1) is 12.8 Å². The fourth-order valence-electron chi connectivity index (χ4n) is 2.92. The maximum atomic E-state index is 12.3. The highest BCUT2D eigenvalue weighted by Gasteiger charge is 2.09. The van der Waals surface area contributed by atoms with Crippen LogP contribution in [0.3, 0.4) is 0 Å². The molecule has 8 heteroatoms. The topological polar surface area (TPSA) is 72.5 Å². The molecule has 0 radical (unpaired) electrons. The molecule has 0 saturated heterocycles. The summed E-state index contributed by atoms with van der Waals surface area (Å²) >= 11 is 7.35. The summed E-state index contributed by atoms with van der Waals surface area (Å²) in [6, 6.07) is 22.0. The molecule has 3 aromatic carbocycles. The summed E-state index contributed by atoms with van der Waals surface area (Å²) in [5.74, 6) is 1.10. The molecule has 0 aliphatic rings. The predicted molar refractivity (Wildman–Crippen MR) is 129 cm³/mol. The Hall–Kier alpha value is -3.55. The number of carbonyl (C=O) groups excluding carboxylic acids is 1. The largest absolute Gasteiger partial charge is 0.497 e. The van der Waals surface area contributed by atoms with Crippen LogP contribution >= 0.6 is 22.9 Å². The number of thiazole rings is 1. The van der Waals surface area contributed by atoms with Crippen LogP contribution in [0.1, 0.15) is 0 Å². The van der Waals surface area contributed by atoms with E-state index in [2.05, 4.69) is 15.6 Å². The number of rotatable bonds is 8. The molecule has 0 atom stereocenters. The lowest BCUT2D eigenvalue weighted by Gasteiger charge is -2.08. The minimum absolute atomic E-state index is 0.100. The first-order valence-corrected chi connectivity index (χ1v) is 11.0. The number of nitrogens with zero attached hydrogens (tertiary/aromatic N) is 1. The van der Waals surface area contributed by atoms with Gasteiger partial charge in [0.2, 0.25) is 0 Å². The molecule has 0 fully saturated rings. The summed E-state index contributed by atoms with van der Waals surface area (Å²) in [7, 11) is 1.64. The van der Waals surface area contributed by atoms with Crippen molar-refractivity contribution in [2.24, 2.45) is 0 Å². The Kier molecular flexibility index (Phi) is 6.89. The molecule has 4 rings (SSSR count). The van der Waals surface area contributed by atoms with Crippen LogP contribution in [-0.4, -0.2) is 24.6 Å². The smallest absolute Gasteiger partial charge is 0.262 e. The first-order chi connectivity index (χ1) is 15.6. The first kappa shape index (κ1) is 21.7. The van der Waals surface area contributed by atoms with Gasteiger partial charge >= 0.3 is 0 Å². The van der Waals surface area contributed by atoms with Crippen molar-refractivity contribution >= 4 is 45.4 Å². The number of benzene rings is 3. The Morgan fingerprint density at radius 1 is 1.00 bits per heavy atom. The zero-order valence-corrected chi connectivity index (χ0v) is 18.7. The van der Waals surface area contributed by atoms with E-state index in [0.717, 1.165) is 27.8 Å². The lowest BCUT2D eigenvalue weighted by atomic mass is 10.1. The average Bonchev–Trinajstić information content (AvgIpc) is 3.27. The van der Waals surface area contributed by atoms with Crippen molar-refractivity contribution in [1.29, 1.82) is 0 Å². The van der Waals surface area contributed by atoms with E-state index in [4.69, 9.17) is 21.1 Å². The minimum Gasteiger partial charge on any atom is -0.497 e. The molecule has 1 heterocycles. The second kappa shape index (κ2) is 10.2. The molecule has 2 N–H and O–H groups in total. The van der Waals surface area contributed by atoms with Crippen molar-refractivity contribution in [2.45, 2.75) is 0 Å². The van der Waals surface area contributed by atoms with E-state index in [1.54, 1.807) is 31.4 Å². The van der Waals surface area contributed by atoms with Crippen LogP contribution in [0.15, 0.2) is 78.2 Å². The van der Waals surface area contributed by atoms with Crippen LogP contribution in [0, 0.1) is 0 Å². The highest BCUT2D eigenvalue weighted by atomic mass is 35.5. The van der Waals surface area contributed by atoms with E-state index in [9.17, 15) is 4.79 Å². The SMILES string of the molecule is COc1cccc(Nc2nc(-c3cccc(NC(=O)COc4ccc(Cl)cc4)c3)cs2)c1. The number of ether oxygens (including phenoxy) is 2. The fraction of sp³-hybridized carbons (Fsp3) is 0.0833. The Labute approximate surface area is 194 Å². The van der Waals surface area contributed by atoms with E-state index >= 15 is 0 Å². The molecule has 32 heavy (non-hydrogen) atoms. The van der Waals surface area contributed by atoms with Gasteiger partial charge in [-0.15, -0.1) is 11.3 Å². The number of hydrogen-bond donors (Lipinski definition) is 2. The van der Waals surface area contributed by atoms with Gasteiger partial charge in [-0.25, -0.2) is 4.98 Å². The lowest BCUT2D eigenvalue weighted by Crippen LogP contribution is -2.20. The zero-order chi connectivity index (χ0) is 22.3. The van der Waals surface area contributed by atoms with Crippen LogP contribution < -0.4 is 20.1 Å². The predicted octanol–water partition coefficient (Wildman–Crippen LogP) is 6.23. The second-order valence-corrected chi connectivity index (χ2v) is 8.06. The quantitative estimate of drug-likeness (QED) is 0.322. The maximum Gasteiger partial charge on any atom is 0.262 e. The van der Waals surface area contributed by atoms with Crippen molar-refractivity contribution in [3.05, 3.63) is 83.2 Å². The van der Waals surface area contributed by atoms with Gasteiger partial charge in [-0.05, 0) is 48.5 Å². The third kappa shape index (κ3) is 5.78. The van der Waals surface area contributed by atoms with Crippen molar-refractivity contribution in [1.82, 2.24) is 4.98 Å². The number of anilines is 3. The standard InChI is InChI=1S/C24H20ClN3O3S/c1-30-21-7-3-6-19(13-21)27-24-28-22(15-32-24)16-4-2-5-18(12-16)26-23(29)14-31-20-10-8-17(25)9-11-20/h2-13,15H,14H2,1H3,(H,26,29)(H,27,28). The summed E-state index contributed by atoms with van der Waals surface area (Å²) in [4.78, 5) is 16.9. The Bertz CT molecular complexity index is 1210. The second-order valence-electron chi connectivity index (χ2n) is 6.77. The van der Waals surface area contributed by atoms with Gasteiger partial charge in [0.25, 0.3) is 5.91 Å². The summed E-state index contributed by atoms with van der Waals surface area (Å²) in [5, 5.41) is 9.48. The Balaban J connectivity index is 1.38. The molecule has 1 aromatic heterocycles. The highest BCUT2D eigenvalue weighted by molar-refractivity contribution is 7.14. The molecule has 0 bridgehead atoms. The molecule has 6 nitrogen and oxygen atoms in total. The van der Waals surface area contributed by atoms with Crippen LogP contribution in [0.2, 0.25) is 5.02 Å². The summed E-state index contributed by atoms with van der Waals surface area (Å²) in [6.45, 7) is -0.100. The fourth-order valence-corrected chi connectivity index (χ4v) is 3.79. The number of hydrogen-bond acceptors (Lipinski definition) is 6. The van der Waals surface area contributed by atoms with Crippen molar-refractivity contribution < 1.29 is 14.3 Å². The van der Waals surface area contributed by atoms with Crippen LogP contribution in [0.25, 0.3) is 11.3 Å². The van der Waals surface area contributed by atoms with Crippen LogP contribution in [0.5, 0.6) is 11.5 Å². The van der Waals surface area contributed by atoms with Gasteiger partial charge in [0.15, 0.2) is 11.7 Å². The molecule has 4 aromatic rings. The van der Waals surface area contributed by atoms with Crippen molar-refractivity contribution in [2.75, 3.05) is 24.4 Å². The van der Waals surface area contributed by atoms with E-state index in [-0.39, 0.29) is 12.5 Å². The minimum atomic E-state index is -0.254. The van der Waals surface area contributed by atoms with Gasteiger partial charge in [-0.2, -0.15) is 0 Å². The molecule has 0 spiro atoms. The summed E-state index contributed by atoms with van der Waals surface area (Å²) < 4.78 is 10.7. The normalized spacial score (nSPS) is 10.4. The van der Waals surface area contributed by atoms with Gasteiger partial charge < -0.3 is 20.1 Å². The van der Waals surface area contributed by atoms with Crippen LogP contribution in [-0.2, 0) is 4.79 Å². The number of aromatic nitrogens is 1. The van der Waals surface area contributed by atoms with E-state index in [0.29, 0.717) is 16.5 Å². The monoisotopic (exact) mass is 465 g/mol. The van der Waals surface area contributed by atoms with E-state index in [1.807, 2.05) is 53.9 Å². The number of carbonyl (C=O) groups is 1. The first-order valence-electron chi connectivity index (χ1n) is 9.74. The van der Waals surface area contributed by atoms with E-state index < -0.39 is 0 Å². The van der Waals surface area contributed by atoms with Gasteiger partial charge in [-0.1, -0.05) is 29.8 Å². The molecular weight excluding hydrogens is 446 g/mol. The van der Waals surface area contributed by atoms with Crippen LogP contribution in [0.4, 0.5) is 16.5 Å². The van der Waals surface area contributed by atoms with Gasteiger partial charge in [0.1, 0.15) is 11.5 Å². The molecular formula is C24H20ClN3O3S. The third-order valence-corrected chi connectivity index (χ3v) is 5.46. The number of halogens is 1. The highest BCUT2D eigenvalue weighted by Crippen LogP contribution is 2.29. The maximum absolute atomic E-state index is 12.3. The van der Waals surface area contributed by atoms with Crippen molar-refractivity contribution in [3.63, 3.8) is 0 Å². The van der Waals surface area contributed by atoms with E-state index in [1.165, 1.54) is 11.3 Å². The third-order valence-electron chi connectivity index (χ3n) is 4.45. The number of nitrogens with one attached hydrogen (secondary N) is 2. The lowest BCUT2D eigenvalue weighted by molar-refractivity contribution is -0.118. The summed E-state index contributed by atoms with van der Waals surface area (Å²) in [6.07, 6.45) is 0. The molecule has 0 aliphatic heterocycles. The molecule has 0 saturated carbocycles. The average molecular weight is 466 g/mol. The van der Waals surface area contributed by atoms with Gasteiger partial charge in [-0.3, -0.25) is 4.79 Å². The zero-order valence-electron chi connectivity index (χ0n) is 17.2.